The van der Waals surface area contributed by atoms with E-state index in [9.17, 15) is 19.2 Å². The first kappa shape index (κ1) is 36.8. The number of hydrogen-bond acceptors (Lipinski definition) is 11. The number of carbonyl (C=O) groups excluding carboxylic acids is 4. The van der Waals surface area contributed by atoms with Crippen molar-refractivity contribution in [1.29, 1.82) is 0 Å². The number of aliphatic hydroxyl groups excluding tert-OH is 2. The minimum Gasteiger partial charge on any atom is -0.396 e. The molecule has 1 aromatic rings. The number of imide groups is 1. The van der Waals surface area contributed by atoms with Crippen molar-refractivity contribution < 1.29 is 43.6 Å². The van der Waals surface area contributed by atoms with Gasteiger partial charge >= 0.3 is 0 Å². The summed E-state index contributed by atoms with van der Waals surface area (Å²) in [6, 6.07) is 0. The Morgan fingerprint density at radius 1 is 0.787 bits per heavy atom. The largest absolute Gasteiger partial charge is 0.396 e. The Balaban J connectivity index is 1.16. The summed E-state index contributed by atoms with van der Waals surface area (Å²) in [5, 5.41) is 26.0. The highest BCUT2D eigenvalue weighted by molar-refractivity contribution is 6.06. The minimum atomic E-state index is -0.160. The third-order valence-corrected chi connectivity index (χ3v) is 9.09. The molecule has 2 bridgehead atoms. The van der Waals surface area contributed by atoms with E-state index in [0.717, 1.165) is 32.1 Å². The van der Waals surface area contributed by atoms with Crippen molar-refractivity contribution in [3.8, 4) is 0 Å². The molecule has 1 aromatic heterocycles. The van der Waals surface area contributed by atoms with Crippen molar-refractivity contribution in [2.24, 2.45) is 23.7 Å². The van der Waals surface area contributed by atoms with E-state index in [2.05, 4.69) is 22.5 Å². The molecule has 14 heteroatoms. The fourth-order valence-electron chi connectivity index (χ4n) is 6.69. The molecule has 0 aromatic carbocycles. The van der Waals surface area contributed by atoms with E-state index in [-0.39, 0.29) is 86.2 Å². The normalized spacial score (nSPS) is 21.3. The summed E-state index contributed by atoms with van der Waals surface area (Å²) < 4.78 is 17.8. The number of aliphatic hydroxyl groups is 2. The Labute approximate surface area is 276 Å². The maximum absolute atomic E-state index is 13.2. The minimum absolute atomic E-state index is 0.00688. The second kappa shape index (κ2) is 19.7. The quantitative estimate of drug-likeness (QED) is 0.0828. The van der Waals surface area contributed by atoms with Gasteiger partial charge in [0.25, 0.3) is 0 Å². The lowest BCUT2D eigenvalue weighted by atomic mass is 9.85. The molecule has 4 rings (SSSR count). The summed E-state index contributed by atoms with van der Waals surface area (Å²) in [6.07, 6.45) is 10.9. The first-order valence-electron chi connectivity index (χ1n) is 17.1. The predicted molar refractivity (Wildman–Crippen MR) is 168 cm³/mol. The number of ether oxygens (including phenoxy) is 3. The zero-order chi connectivity index (χ0) is 33.4. The van der Waals surface area contributed by atoms with E-state index < -0.39 is 0 Å². The third-order valence-electron chi connectivity index (χ3n) is 9.09. The van der Waals surface area contributed by atoms with Gasteiger partial charge in [-0.3, -0.25) is 24.1 Å². The summed E-state index contributed by atoms with van der Waals surface area (Å²) in [4.78, 5) is 54.3. The first-order chi connectivity index (χ1) is 22.9. The molecule has 3 aliphatic rings. The Morgan fingerprint density at radius 3 is 2.13 bits per heavy atom. The lowest BCUT2D eigenvalue weighted by Gasteiger charge is -2.22. The van der Waals surface area contributed by atoms with Crippen LogP contribution in [-0.2, 0) is 46.5 Å². The van der Waals surface area contributed by atoms with Crippen LogP contribution in [0.2, 0.25) is 0 Å². The molecule has 47 heavy (non-hydrogen) atoms. The van der Waals surface area contributed by atoms with Crippen molar-refractivity contribution in [3.05, 3.63) is 24.0 Å². The second-order valence-electron chi connectivity index (χ2n) is 12.5. The SMILES string of the molecule is O=C(CCCO)CCC(=O)N(CCCCCCN1C(=O)[C@@H]2[C@H](C1=O)[C@H]1C=C[C@@H]2C1)Cc1cn(CCOCCOCCOCCO)nn1. The number of fused-ring (bicyclic) bond motifs is 5. The number of hydrogen-bond donors (Lipinski definition) is 2. The van der Waals surface area contributed by atoms with Crippen molar-refractivity contribution in [2.45, 2.75) is 70.9 Å². The number of nitrogens with zero attached hydrogens (tertiary/aromatic N) is 5. The number of amides is 3. The van der Waals surface area contributed by atoms with Crippen LogP contribution in [0.5, 0.6) is 0 Å². The second-order valence-corrected chi connectivity index (χ2v) is 12.5. The Morgan fingerprint density at radius 2 is 1.45 bits per heavy atom. The molecular weight excluding hydrogens is 610 g/mol. The molecule has 3 amide bonds. The predicted octanol–water partition coefficient (Wildman–Crippen LogP) is 1.14. The molecule has 1 saturated carbocycles. The van der Waals surface area contributed by atoms with Gasteiger partial charge in [-0.1, -0.05) is 30.2 Å². The van der Waals surface area contributed by atoms with Crippen LogP contribution in [0.25, 0.3) is 0 Å². The molecule has 14 nitrogen and oxygen atoms in total. The van der Waals surface area contributed by atoms with E-state index in [1.54, 1.807) is 15.8 Å². The van der Waals surface area contributed by atoms with Gasteiger partial charge in [0.1, 0.15) is 11.5 Å². The van der Waals surface area contributed by atoms with Crippen LogP contribution < -0.4 is 0 Å². The monoisotopic (exact) mass is 661 g/mol. The highest BCUT2D eigenvalue weighted by Crippen LogP contribution is 2.52. The van der Waals surface area contributed by atoms with Gasteiger partial charge in [0, 0.05) is 39.0 Å². The summed E-state index contributed by atoms with van der Waals surface area (Å²) in [6.45, 7) is 4.05. The average molecular weight is 662 g/mol. The molecule has 4 atom stereocenters. The number of unbranched alkanes of at least 4 members (excludes halogenated alkanes) is 3. The third kappa shape index (κ3) is 11.0. The maximum atomic E-state index is 13.2. The molecule has 262 valence electrons. The van der Waals surface area contributed by atoms with Crippen molar-refractivity contribution in [3.63, 3.8) is 0 Å². The number of allylic oxidation sites excluding steroid dienone is 2. The molecule has 2 N–H and O–H groups in total. The number of carbonyl (C=O) groups is 4. The highest BCUT2D eigenvalue weighted by Gasteiger charge is 2.58. The Bertz CT molecular complexity index is 1160. The van der Waals surface area contributed by atoms with Crippen LogP contribution in [0.4, 0.5) is 0 Å². The van der Waals surface area contributed by atoms with Crippen LogP contribution in [0, 0.1) is 23.7 Å². The fourth-order valence-corrected chi connectivity index (χ4v) is 6.69. The summed E-state index contributed by atoms with van der Waals surface area (Å²) in [5.74, 6) is -0.0768. The van der Waals surface area contributed by atoms with Crippen LogP contribution in [0.15, 0.2) is 18.3 Å². The zero-order valence-corrected chi connectivity index (χ0v) is 27.4. The first-order valence-corrected chi connectivity index (χ1v) is 17.1. The van der Waals surface area contributed by atoms with Crippen molar-refractivity contribution in [2.75, 3.05) is 65.9 Å². The number of likely N-dealkylation sites (tertiary alicyclic amines) is 1. The zero-order valence-electron chi connectivity index (χ0n) is 27.4. The molecule has 2 heterocycles. The van der Waals surface area contributed by atoms with Crippen LogP contribution in [0.3, 0.4) is 0 Å². The van der Waals surface area contributed by atoms with Crippen LogP contribution >= 0.6 is 0 Å². The van der Waals surface area contributed by atoms with Gasteiger partial charge in [0.2, 0.25) is 17.7 Å². The van der Waals surface area contributed by atoms with E-state index in [1.807, 2.05) is 0 Å². The number of aromatic nitrogens is 3. The van der Waals surface area contributed by atoms with E-state index in [4.69, 9.17) is 24.4 Å². The molecule has 0 radical (unpaired) electrons. The summed E-state index contributed by atoms with van der Waals surface area (Å²) >= 11 is 0. The Kier molecular flexibility index (Phi) is 15.4. The molecule has 1 aliphatic heterocycles. The van der Waals surface area contributed by atoms with E-state index in [0.29, 0.717) is 71.4 Å². The molecule has 1 saturated heterocycles. The standard InChI is InChI=1S/C33H51N5O9/c39-14-5-6-28(41)9-10-29(42)36(23-27-24-37(35-34-27)13-16-45-18-20-47-21-19-46-17-15-40)11-3-1-2-4-12-38-32(43)30-25-7-8-26(22-25)31(30)33(38)44/h7-8,24-26,30-31,39-40H,1-6,9-23H2/t25-,26+,30+,31-. The highest BCUT2D eigenvalue weighted by atomic mass is 16.5. The van der Waals surface area contributed by atoms with Gasteiger partial charge < -0.3 is 29.3 Å². The van der Waals surface area contributed by atoms with E-state index in [1.165, 1.54) is 4.90 Å². The van der Waals surface area contributed by atoms with E-state index >= 15 is 0 Å². The Hall–Kier alpha value is -3.04. The molecular formula is C33H51N5O9. The van der Waals surface area contributed by atoms with Gasteiger partial charge in [0.15, 0.2) is 0 Å². The topological polar surface area (TPSA) is 174 Å². The van der Waals surface area contributed by atoms with Gasteiger partial charge in [0.05, 0.1) is 77.4 Å². The van der Waals surface area contributed by atoms with Crippen molar-refractivity contribution >= 4 is 23.5 Å². The van der Waals surface area contributed by atoms with Crippen molar-refractivity contribution in [1.82, 2.24) is 24.8 Å². The lowest BCUT2D eigenvalue weighted by Crippen LogP contribution is -2.34. The maximum Gasteiger partial charge on any atom is 0.233 e. The smallest absolute Gasteiger partial charge is 0.233 e. The fraction of sp³-hybridized carbons (Fsp3) is 0.758. The number of rotatable bonds is 26. The average Bonchev–Trinajstić information content (AvgIpc) is 3.86. The van der Waals surface area contributed by atoms with Gasteiger partial charge in [-0.25, -0.2) is 4.68 Å². The van der Waals surface area contributed by atoms with Gasteiger partial charge in [-0.05, 0) is 37.5 Å². The number of ketones is 1. The summed E-state index contributed by atoms with van der Waals surface area (Å²) in [7, 11) is 0. The van der Waals surface area contributed by atoms with Gasteiger partial charge in [-0.2, -0.15) is 0 Å². The molecule has 2 aliphatic carbocycles. The summed E-state index contributed by atoms with van der Waals surface area (Å²) in [5.41, 5.74) is 0.635. The molecule has 2 fully saturated rings. The van der Waals surface area contributed by atoms with Crippen LogP contribution in [0.1, 0.15) is 63.5 Å². The molecule has 0 unspecified atom stereocenters. The van der Waals surface area contributed by atoms with Crippen LogP contribution in [-0.4, -0.2) is 124 Å². The number of Topliss-reactive ketones (excluding diaryl/α,β-unsaturated/α-hetero) is 1. The lowest BCUT2D eigenvalue weighted by molar-refractivity contribution is -0.140. The molecule has 0 spiro atoms. The van der Waals surface area contributed by atoms with Gasteiger partial charge in [-0.15, -0.1) is 5.10 Å².